The number of nitrogens with one attached hydrogen (secondary N) is 1. The number of carbonyl (C=O) groups excluding carboxylic acids is 4. The molecule has 7 heteroatoms. The smallest absolute Gasteiger partial charge is 0.255 e. The summed E-state index contributed by atoms with van der Waals surface area (Å²) in [4.78, 5) is 51.6. The summed E-state index contributed by atoms with van der Waals surface area (Å²) >= 11 is 0. The van der Waals surface area contributed by atoms with Gasteiger partial charge in [-0.05, 0) is 74.1 Å². The lowest BCUT2D eigenvalue weighted by Crippen LogP contribution is -2.52. The minimum atomic E-state index is -0.572. The number of fused-ring (bicyclic) bond motifs is 1. The number of rotatable bonds is 3. The summed E-state index contributed by atoms with van der Waals surface area (Å²) in [6, 6.07) is 5.43. The molecule has 1 N–H and O–H groups in total. The second kappa shape index (κ2) is 7.77. The molecule has 5 rings (SSSR count). The molecule has 164 valence electrons. The number of nitrogens with zero attached hydrogens (tertiary/aromatic N) is 2. The minimum absolute atomic E-state index is 0.124. The predicted octanol–water partition coefficient (Wildman–Crippen LogP) is 2.42. The number of amides is 3. The summed E-state index contributed by atoms with van der Waals surface area (Å²) in [6.07, 6.45) is 8.45. The molecule has 3 amide bonds. The average Bonchev–Trinajstić information content (AvgIpc) is 3.10. The van der Waals surface area contributed by atoms with E-state index in [1.165, 1.54) is 0 Å². The van der Waals surface area contributed by atoms with Crippen LogP contribution in [0.25, 0.3) is 0 Å². The summed E-state index contributed by atoms with van der Waals surface area (Å²) in [5.41, 5.74) is 3.15. The quantitative estimate of drug-likeness (QED) is 0.596. The van der Waals surface area contributed by atoms with E-state index in [0.29, 0.717) is 23.9 Å². The maximum Gasteiger partial charge on any atom is 0.255 e. The van der Waals surface area contributed by atoms with Gasteiger partial charge in [0.2, 0.25) is 11.8 Å². The van der Waals surface area contributed by atoms with E-state index in [9.17, 15) is 19.2 Å². The Hall–Kier alpha value is -2.70. The molecule has 1 saturated carbocycles. The number of piperidine rings is 2. The van der Waals surface area contributed by atoms with Gasteiger partial charge in [-0.3, -0.25) is 19.7 Å². The molecule has 31 heavy (non-hydrogen) atoms. The Kier molecular flexibility index (Phi) is 5.07. The van der Waals surface area contributed by atoms with Crippen molar-refractivity contribution in [3.63, 3.8) is 0 Å². The van der Waals surface area contributed by atoms with Crippen LogP contribution in [0.5, 0.6) is 0 Å². The zero-order valence-corrected chi connectivity index (χ0v) is 17.8. The molecule has 3 fully saturated rings. The molecular formula is C24H29N3O4. The van der Waals surface area contributed by atoms with Gasteiger partial charge in [0.25, 0.3) is 5.91 Å². The van der Waals surface area contributed by atoms with Crippen molar-refractivity contribution in [3.8, 4) is 0 Å². The number of benzene rings is 1. The highest BCUT2D eigenvalue weighted by Crippen LogP contribution is 2.46. The molecule has 7 nitrogen and oxygen atoms in total. The van der Waals surface area contributed by atoms with Crippen LogP contribution in [0.3, 0.4) is 0 Å². The first-order valence-electron chi connectivity index (χ1n) is 11.5. The van der Waals surface area contributed by atoms with Gasteiger partial charge >= 0.3 is 0 Å². The monoisotopic (exact) mass is 423 g/mol. The Balaban J connectivity index is 1.25. The van der Waals surface area contributed by atoms with E-state index in [-0.39, 0.29) is 30.1 Å². The highest BCUT2D eigenvalue weighted by molar-refractivity contribution is 6.05. The fraction of sp³-hybridized carbons (Fsp3) is 0.583. The second-order valence-electron chi connectivity index (χ2n) is 9.70. The van der Waals surface area contributed by atoms with Crippen LogP contribution in [-0.4, -0.2) is 48.0 Å². The maximum atomic E-state index is 12.9. The SMILES string of the molecule is O=CC1CCC2(CC1)CCN(c1ccc3c(c1)CN(C1CCC(=O)NC1=O)C3=O)CC2. The fourth-order valence-corrected chi connectivity index (χ4v) is 5.89. The van der Waals surface area contributed by atoms with Crippen LogP contribution in [0.15, 0.2) is 18.2 Å². The van der Waals surface area contributed by atoms with Crippen LogP contribution in [0.2, 0.25) is 0 Å². The molecule has 1 unspecified atom stereocenters. The van der Waals surface area contributed by atoms with Gasteiger partial charge < -0.3 is 14.6 Å². The van der Waals surface area contributed by atoms with E-state index in [0.717, 1.165) is 69.2 Å². The van der Waals surface area contributed by atoms with Crippen molar-refractivity contribution in [2.24, 2.45) is 11.3 Å². The zero-order valence-electron chi connectivity index (χ0n) is 17.8. The lowest BCUT2D eigenvalue weighted by molar-refractivity contribution is -0.136. The summed E-state index contributed by atoms with van der Waals surface area (Å²) in [5.74, 6) is -0.510. The van der Waals surface area contributed by atoms with Crippen LogP contribution < -0.4 is 10.2 Å². The minimum Gasteiger partial charge on any atom is -0.371 e. The predicted molar refractivity (Wildman–Crippen MR) is 114 cm³/mol. The van der Waals surface area contributed by atoms with Crippen LogP contribution in [0.1, 0.15) is 67.3 Å². The molecule has 0 bridgehead atoms. The van der Waals surface area contributed by atoms with Crippen LogP contribution in [0, 0.1) is 11.3 Å². The molecule has 1 atom stereocenters. The number of imide groups is 1. The molecule has 2 saturated heterocycles. The highest BCUT2D eigenvalue weighted by Gasteiger charge is 2.40. The molecule has 1 spiro atoms. The van der Waals surface area contributed by atoms with Crippen molar-refractivity contribution in [1.82, 2.24) is 10.2 Å². The molecule has 1 aromatic rings. The fourth-order valence-electron chi connectivity index (χ4n) is 5.89. The molecule has 0 radical (unpaired) electrons. The number of carbonyl (C=O) groups is 4. The van der Waals surface area contributed by atoms with Crippen molar-refractivity contribution in [3.05, 3.63) is 29.3 Å². The van der Waals surface area contributed by atoms with E-state index in [2.05, 4.69) is 16.3 Å². The van der Waals surface area contributed by atoms with Gasteiger partial charge in [0.05, 0.1) is 0 Å². The Morgan fingerprint density at radius 2 is 1.74 bits per heavy atom. The Labute approximate surface area is 182 Å². The van der Waals surface area contributed by atoms with Gasteiger partial charge in [0.15, 0.2) is 0 Å². The number of hydrogen-bond donors (Lipinski definition) is 1. The van der Waals surface area contributed by atoms with Gasteiger partial charge in [0.1, 0.15) is 12.3 Å². The lowest BCUT2D eigenvalue weighted by Gasteiger charge is -2.46. The first kappa shape index (κ1) is 20.2. The normalized spacial score (nSPS) is 26.2. The summed E-state index contributed by atoms with van der Waals surface area (Å²) < 4.78 is 0. The third-order valence-corrected chi connectivity index (χ3v) is 7.98. The van der Waals surface area contributed by atoms with Gasteiger partial charge in [-0.1, -0.05) is 0 Å². The number of aldehydes is 1. The molecule has 3 heterocycles. The number of anilines is 1. The van der Waals surface area contributed by atoms with Crippen LogP contribution in [-0.2, 0) is 20.9 Å². The Morgan fingerprint density at radius 3 is 2.42 bits per heavy atom. The van der Waals surface area contributed by atoms with Crippen LogP contribution in [0.4, 0.5) is 5.69 Å². The standard InChI is InChI=1S/C24H29N3O4/c28-15-16-5-7-24(8-6-16)9-11-26(12-10-24)18-1-2-19-17(13-18)14-27(23(19)31)20-3-4-21(29)25-22(20)30/h1-2,13,15-16,20H,3-12,14H2,(H,25,29,30). The maximum absolute atomic E-state index is 12.9. The average molecular weight is 424 g/mol. The zero-order chi connectivity index (χ0) is 21.6. The number of hydrogen-bond acceptors (Lipinski definition) is 5. The third kappa shape index (κ3) is 3.64. The van der Waals surface area contributed by atoms with Crippen molar-refractivity contribution >= 4 is 29.7 Å². The molecule has 0 aromatic heterocycles. The van der Waals surface area contributed by atoms with Crippen LogP contribution >= 0.6 is 0 Å². The summed E-state index contributed by atoms with van der Waals surface area (Å²) in [5, 5.41) is 2.35. The molecule has 3 aliphatic heterocycles. The first-order chi connectivity index (χ1) is 15.0. The van der Waals surface area contributed by atoms with Gasteiger partial charge in [0, 0.05) is 43.2 Å². The van der Waals surface area contributed by atoms with E-state index in [1.54, 1.807) is 4.90 Å². The largest absolute Gasteiger partial charge is 0.371 e. The van der Waals surface area contributed by atoms with Gasteiger partial charge in [-0.15, -0.1) is 0 Å². The molecule has 4 aliphatic rings. The van der Waals surface area contributed by atoms with E-state index in [4.69, 9.17) is 0 Å². The van der Waals surface area contributed by atoms with E-state index in [1.807, 2.05) is 12.1 Å². The first-order valence-corrected chi connectivity index (χ1v) is 11.5. The topological polar surface area (TPSA) is 86.8 Å². The van der Waals surface area contributed by atoms with Crippen molar-refractivity contribution in [2.75, 3.05) is 18.0 Å². The van der Waals surface area contributed by atoms with Crippen molar-refractivity contribution in [1.29, 1.82) is 0 Å². The molecule has 1 aliphatic carbocycles. The van der Waals surface area contributed by atoms with E-state index >= 15 is 0 Å². The third-order valence-electron chi connectivity index (χ3n) is 7.98. The summed E-state index contributed by atoms with van der Waals surface area (Å²) in [6.45, 7) is 2.41. The second-order valence-corrected chi connectivity index (χ2v) is 9.70. The van der Waals surface area contributed by atoms with Gasteiger partial charge in [-0.2, -0.15) is 0 Å². The Bertz CT molecular complexity index is 925. The summed E-state index contributed by atoms with van der Waals surface area (Å²) in [7, 11) is 0. The lowest BCUT2D eigenvalue weighted by atomic mass is 9.65. The highest BCUT2D eigenvalue weighted by atomic mass is 16.2. The van der Waals surface area contributed by atoms with Crippen molar-refractivity contribution in [2.45, 2.75) is 64.0 Å². The molecule has 1 aromatic carbocycles. The van der Waals surface area contributed by atoms with Crippen molar-refractivity contribution < 1.29 is 19.2 Å². The van der Waals surface area contributed by atoms with Gasteiger partial charge in [-0.25, -0.2) is 0 Å². The molecular weight excluding hydrogens is 394 g/mol. The van der Waals surface area contributed by atoms with E-state index < -0.39 is 6.04 Å². The Morgan fingerprint density at radius 1 is 1.00 bits per heavy atom.